The summed E-state index contributed by atoms with van der Waals surface area (Å²) in [5.41, 5.74) is -0.0531. The van der Waals surface area contributed by atoms with E-state index in [1.807, 2.05) is 71.1 Å². The van der Waals surface area contributed by atoms with E-state index in [1.54, 1.807) is 34.5 Å². The van der Waals surface area contributed by atoms with Crippen LogP contribution in [-0.4, -0.2) is 165 Å². The maximum Gasteiger partial charge on any atom is 0.410 e. The third-order valence-corrected chi connectivity index (χ3v) is 13.1. The molecule has 3 fully saturated rings. The molecular weight excluding hydrogens is 803 g/mol. The lowest BCUT2D eigenvalue weighted by molar-refractivity contribution is -0.341. The van der Waals surface area contributed by atoms with Crippen LogP contribution in [0.5, 0.6) is 0 Å². The molecule has 0 aromatic carbocycles. The van der Waals surface area contributed by atoms with Crippen LogP contribution in [-0.2, 0) is 49.3 Å². The van der Waals surface area contributed by atoms with Crippen molar-refractivity contribution in [3.63, 3.8) is 0 Å². The Labute approximate surface area is 365 Å². The number of fused-ring (bicyclic) bond motifs is 1. The number of amides is 2. The number of likely N-dealkylation sites (N-methyl/N-ethyl adjacent to an activating group) is 1. The Morgan fingerprint density at radius 2 is 1.73 bits per heavy atom. The number of aromatic nitrogens is 4. The second-order valence-corrected chi connectivity index (χ2v) is 17.8. The number of aliphatic hydroxyl groups excluding tert-OH is 1. The molecule has 3 unspecified atom stereocenters. The number of carbonyl (C=O) groups is 4. The number of unbranched alkanes of at least 4 members (excludes halogenated alkanes) is 1. The standard InChI is InChI=1S/C44H69N7O11/c1-13-35-43(8)38(50(42(56)62-43)21-17-16-20-49-25-33(46-47-49)32-18-14-15-19-45-32)30(6)51(31(7)52)24-26(2)23-44(57-11,58-12)39(28(4)36(53)29(5)40(55)60-35)61-41-37(54)34(48(9)10)22-27(3)59-41/h14-15,18-19,25-30,34-35,37-39,41,54H,13,16-17,20-24H2,1-12H3/t26-,27?,28+,29-,30-,34?,35-,37?,38-,39-,41+,43-/m1/s1. The fraction of sp³-hybridized carbons (Fsp3) is 0.750. The Morgan fingerprint density at radius 1 is 1.03 bits per heavy atom. The van der Waals surface area contributed by atoms with Crippen molar-refractivity contribution in [2.45, 2.75) is 154 Å². The number of ketones is 1. The maximum atomic E-state index is 14.5. The predicted molar refractivity (Wildman–Crippen MR) is 226 cm³/mol. The van der Waals surface area contributed by atoms with Crippen LogP contribution < -0.4 is 0 Å². The van der Waals surface area contributed by atoms with E-state index in [1.165, 1.54) is 28.1 Å². The third-order valence-electron chi connectivity index (χ3n) is 13.1. The molecule has 0 radical (unpaired) electrons. The topological polar surface area (TPSA) is 197 Å². The first-order valence-electron chi connectivity index (χ1n) is 21.9. The molecule has 0 saturated carbocycles. The molecule has 3 aliphatic rings. The summed E-state index contributed by atoms with van der Waals surface area (Å²) in [6.07, 6.45) is 0.304. The summed E-state index contributed by atoms with van der Waals surface area (Å²) in [5.74, 6) is -5.88. The fourth-order valence-corrected chi connectivity index (χ4v) is 9.70. The summed E-state index contributed by atoms with van der Waals surface area (Å²) in [7, 11) is 6.62. The average molecular weight is 872 g/mol. The van der Waals surface area contributed by atoms with Gasteiger partial charge in [0.05, 0.1) is 30.1 Å². The van der Waals surface area contributed by atoms with E-state index in [0.29, 0.717) is 37.2 Å². The fourth-order valence-electron chi connectivity index (χ4n) is 9.70. The van der Waals surface area contributed by atoms with Gasteiger partial charge in [-0.15, -0.1) is 5.10 Å². The first-order chi connectivity index (χ1) is 29.3. The van der Waals surface area contributed by atoms with E-state index in [-0.39, 0.29) is 49.9 Å². The Hall–Kier alpha value is -4.07. The third kappa shape index (κ3) is 10.3. The average Bonchev–Trinajstić information content (AvgIpc) is 3.82. The van der Waals surface area contributed by atoms with Crippen LogP contribution in [0.3, 0.4) is 0 Å². The number of pyridine rings is 1. The second kappa shape index (κ2) is 20.6. The zero-order valence-electron chi connectivity index (χ0n) is 38.6. The molecule has 18 heteroatoms. The molecule has 62 heavy (non-hydrogen) atoms. The van der Waals surface area contributed by atoms with E-state index >= 15 is 0 Å². The molecule has 12 atom stereocenters. The molecule has 3 saturated heterocycles. The van der Waals surface area contributed by atoms with Crippen molar-refractivity contribution in [1.82, 2.24) is 34.7 Å². The highest BCUT2D eigenvalue weighted by molar-refractivity contribution is 6.00. The quantitative estimate of drug-likeness (QED) is 0.139. The first kappa shape index (κ1) is 49.0. The number of rotatable bonds is 12. The molecule has 0 bridgehead atoms. The summed E-state index contributed by atoms with van der Waals surface area (Å²) in [6.45, 7) is 14.8. The number of ether oxygens (including phenoxy) is 6. The zero-order chi connectivity index (χ0) is 45.7. The van der Waals surface area contributed by atoms with Gasteiger partial charge in [0.2, 0.25) is 5.91 Å². The Balaban J connectivity index is 1.48. The van der Waals surface area contributed by atoms with Gasteiger partial charge in [0.15, 0.2) is 23.5 Å². The second-order valence-electron chi connectivity index (χ2n) is 17.8. The summed E-state index contributed by atoms with van der Waals surface area (Å²) in [5, 5.41) is 20.0. The van der Waals surface area contributed by atoms with Crippen molar-refractivity contribution in [3.8, 4) is 11.4 Å². The Morgan fingerprint density at radius 3 is 2.34 bits per heavy atom. The molecule has 2 amide bonds. The highest BCUT2D eigenvalue weighted by Crippen LogP contribution is 2.42. The van der Waals surface area contributed by atoms with Crippen molar-refractivity contribution < 1.29 is 52.7 Å². The zero-order valence-corrected chi connectivity index (χ0v) is 38.6. The Bertz CT molecular complexity index is 1830. The van der Waals surface area contributed by atoms with Crippen LogP contribution in [0.4, 0.5) is 4.79 Å². The largest absolute Gasteiger partial charge is 0.458 e. The highest BCUT2D eigenvalue weighted by Gasteiger charge is 2.60. The molecule has 0 spiro atoms. The van der Waals surface area contributed by atoms with Crippen LogP contribution >= 0.6 is 0 Å². The summed E-state index contributed by atoms with van der Waals surface area (Å²) >= 11 is 0. The molecular formula is C44H69N7O11. The molecule has 5 heterocycles. The number of methoxy groups -OCH3 is 2. The van der Waals surface area contributed by atoms with E-state index in [4.69, 9.17) is 28.4 Å². The molecule has 5 rings (SSSR count). The SMILES string of the molecule is CC[C@H]1OC(=O)[C@H](C)C(=O)[C@H](C)[C@@H](O[C@@H]2OC(C)CC(N(C)C)C2O)C(OC)(OC)C[C@@H](C)CN(C(C)=O)[C@H](C)[C@H]2N(CCCCn3cc(-c4ccccn4)nn3)C(=O)O[C@]12C. The minimum atomic E-state index is -1.62. The number of hydrogen-bond donors (Lipinski definition) is 1. The van der Waals surface area contributed by atoms with Gasteiger partial charge in [0.1, 0.15) is 29.9 Å². The van der Waals surface area contributed by atoms with Gasteiger partial charge in [-0.05, 0) is 85.5 Å². The summed E-state index contributed by atoms with van der Waals surface area (Å²) < 4.78 is 39.4. The smallest absolute Gasteiger partial charge is 0.410 e. The highest BCUT2D eigenvalue weighted by atomic mass is 16.7. The van der Waals surface area contributed by atoms with E-state index in [0.717, 1.165) is 0 Å². The molecule has 3 aliphatic heterocycles. The normalized spacial score (nSPS) is 33.7. The van der Waals surface area contributed by atoms with Crippen molar-refractivity contribution in [1.29, 1.82) is 0 Å². The molecule has 0 aliphatic carbocycles. The maximum absolute atomic E-state index is 14.5. The van der Waals surface area contributed by atoms with Crippen LogP contribution in [0, 0.1) is 17.8 Å². The minimum absolute atomic E-state index is 0.121. The number of Topliss-reactive ketones (excluding diaryl/α,β-unsaturated/α-hetero) is 1. The molecule has 18 nitrogen and oxygen atoms in total. The lowest BCUT2D eigenvalue weighted by Gasteiger charge is -2.47. The Kier molecular flexibility index (Phi) is 16.3. The number of carbonyl (C=O) groups excluding carboxylic acids is 4. The van der Waals surface area contributed by atoms with Crippen LogP contribution in [0.1, 0.15) is 87.5 Å². The molecule has 2 aromatic heterocycles. The number of esters is 1. The van der Waals surface area contributed by atoms with E-state index in [9.17, 15) is 24.3 Å². The van der Waals surface area contributed by atoms with Gasteiger partial charge in [0.25, 0.3) is 0 Å². The van der Waals surface area contributed by atoms with Crippen molar-refractivity contribution >= 4 is 23.8 Å². The van der Waals surface area contributed by atoms with E-state index < -0.39 is 77.8 Å². The van der Waals surface area contributed by atoms with Crippen molar-refractivity contribution in [3.05, 3.63) is 30.6 Å². The van der Waals surface area contributed by atoms with Crippen LogP contribution in [0.2, 0.25) is 0 Å². The van der Waals surface area contributed by atoms with Gasteiger partial charge < -0.3 is 43.3 Å². The van der Waals surface area contributed by atoms with Gasteiger partial charge in [0, 0.05) is 65.4 Å². The van der Waals surface area contributed by atoms with Crippen molar-refractivity contribution in [2.24, 2.45) is 17.8 Å². The number of aliphatic hydroxyl groups is 1. The van der Waals surface area contributed by atoms with Crippen molar-refractivity contribution in [2.75, 3.05) is 41.4 Å². The number of cyclic esters (lactones) is 1. The van der Waals surface area contributed by atoms with Gasteiger partial charge in [-0.1, -0.05) is 32.1 Å². The first-order valence-corrected chi connectivity index (χ1v) is 21.9. The number of nitrogens with zero attached hydrogens (tertiary/aromatic N) is 7. The van der Waals surface area contributed by atoms with Crippen LogP contribution in [0.15, 0.2) is 30.6 Å². The number of aryl methyl sites for hydroxylation is 1. The summed E-state index contributed by atoms with van der Waals surface area (Å²) in [6, 6.07) is 3.87. The molecule has 2 aromatic rings. The van der Waals surface area contributed by atoms with Gasteiger partial charge >= 0.3 is 12.1 Å². The number of hydrogen-bond acceptors (Lipinski definition) is 15. The lowest BCUT2D eigenvalue weighted by Crippen LogP contribution is -2.62. The van der Waals surface area contributed by atoms with E-state index in [2.05, 4.69) is 15.3 Å². The van der Waals surface area contributed by atoms with Gasteiger partial charge in [-0.2, -0.15) is 0 Å². The van der Waals surface area contributed by atoms with Gasteiger partial charge in [-0.3, -0.25) is 28.9 Å². The lowest BCUT2D eigenvalue weighted by atomic mass is 9.83. The summed E-state index contributed by atoms with van der Waals surface area (Å²) in [4.78, 5) is 66.1. The minimum Gasteiger partial charge on any atom is -0.458 e. The molecule has 1 N–H and O–H groups in total. The monoisotopic (exact) mass is 872 g/mol. The predicted octanol–water partition coefficient (Wildman–Crippen LogP) is 3.94. The molecule has 346 valence electrons. The van der Waals surface area contributed by atoms with Crippen LogP contribution in [0.25, 0.3) is 11.4 Å². The van der Waals surface area contributed by atoms with Gasteiger partial charge in [-0.25, -0.2) is 4.79 Å².